The maximum atomic E-state index is 10.8. The first-order chi connectivity index (χ1) is 6.31. The number of hydrogen-bond donors (Lipinski definition) is 2. The van der Waals surface area contributed by atoms with Crippen molar-refractivity contribution in [2.75, 3.05) is 19.7 Å². The van der Waals surface area contributed by atoms with Crippen LogP contribution >= 0.6 is 0 Å². The van der Waals surface area contributed by atoms with Crippen molar-refractivity contribution in [1.29, 1.82) is 0 Å². The molecule has 0 aromatic heterocycles. The molecule has 0 aliphatic rings. The van der Waals surface area contributed by atoms with Crippen LogP contribution in [0.2, 0.25) is 0 Å². The Labute approximate surface area is 78.5 Å². The molecule has 0 atom stereocenters. The van der Waals surface area contributed by atoms with Gasteiger partial charge in [0.05, 0.1) is 6.54 Å². The molecule has 0 saturated heterocycles. The van der Waals surface area contributed by atoms with Crippen LogP contribution in [0.1, 0.15) is 20.3 Å². The van der Waals surface area contributed by atoms with Gasteiger partial charge in [-0.05, 0) is 13.3 Å². The lowest BCUT2D eigenvalue weighted by Gasteiger charge is -2.03. The fourth-order valence-electron chi connectivity index (χ4n) is 0.613. The summed E-state index contributed by atoms with van der Waals surface area (Å²) in [6, 6.07) is -0.175. The molecule has 0 rings (SSSR count). The highest BCUT2D eigenvalue weighted by Gasteiger charge is 1.94. The average Bonchev–Trinajstić information content (AvgIpc) is 2.11. The topological polar surface area (TPSA) is 62.7 Å². The van der Waals surface area contributed by atoms with Gasteiger partial charge in [-0.2, -0.15) is 0 Å². The summed E-state index contributed by atoms with van der Waals surface area (Å²) in [4.78, 5) is 15.6. The normalized spacial score (nSPS) is 10.0. The van der Waals surface area contributed by atoms with Crippen molar-refractivity contribution in [3.05, 3.63) is 0 Å². The first-order valence-corrected chi connectivity index (χ1v) is 4.46. The Bertz CT molecular complexity index is 159. The Morgan fingerprint density at radius 3 is 2.85 bits per heavy atom. The van der Waals surface area contributed by atoms with Crippen LogP contribution in [0.5, 0.6) is 0 Å². The third kappa shape index (κ3) is 8.65. The summed E-state index contributed by atoms with van der Waals surface area (Å²) in [5.74, 6) is 0. The number of oxime groups is 1. The lowest BCUT2D eigenvalue weighted by molar-refractivity contribution is 0.147. The molecule has 0 bridgehead atoms. The number of hydrogen-bond acceptors (Lipinski definition) is 3. The number of amides is 2. The largest absolute Gasteiger partial charge is 0.394 e. The van der Waals surface area contributed by atoms with E-state index >= 15 is 0 Å². The van der Waals surface area contributed by atoms with Gasteiger partial charge in [0.25, 0.3) is 0 Å². The van der Waals surface area contributed by atoms with Gasteiger partial charge >= 0.3 is 6.03 Å². The van der Waals surface area contributed by atoms with E-state index in [1.165, 1.54) is 0 Å². The minimum atomic E-state index is -0.175. The molecule has 0 fully saturated rings. The zero-order chi connectivity index (χ0) is 9.94. The summed E-state index contributed by atoms with van der Waals surface area (Å²) in [6.07, 6.45) is 2.52. The maximum absolute atomic E-state index is 10.8. The van der Waals surface area contributed by atoms with Gasteiger partial charge in [-0.25, -0.2) is 4.79 Å². The average molecular weight is 187 g/mol. The molecule has 5 nitrogen and oxygen atoms in total. The van der Waals surface area contributed by atoms with E-state index < -0.39 is 0 Å². The van der Waals surface area contributed by atoms with Crippen molar-refractivity contribution in [2.45, 2.75) is 20.3 Å². The summed E-state index contributed by atoms with van der Waals surface area (Å²) in [5, 5.41) is 8.85. The lowest BCUT2D eigenvalue weighted by Crippen LogP contribution is -2.36. The number of rotatable bonds is 6. The summed E-state index contributed by atoms with van der Waals surface area (Å²) >= 11 is 0. The number of nitrogens with one attached hydrogen (secondary N) is 2. The predicted molar refractivity (Wildman–Crippen MR) is 51.8 cm³/mol. The van der Waals surface area contributed by atoms with Gasteiger partial charge < -0.3 is 15.5 Å². The Balaban J connectivity index is 3.15. The van der Waals surface area contributed by atoms with Crippen molar-refractivity contribution in [3.63, 3.8) is 0 Å². The van der Waals surface area contributed by atoms with Crippen molar-refractivity contribution < 1.29 is 9.63 Å². The Kier molecular flexibility index (Phi) is 7.98. The molecule has 5 heteroatoms. The molecule has 0 aliphatic heterocycles. The van der Waals surface area contributed by atoms with Crippen LogP contribution in [0, 0.1) is 0 Å². The number of nitrogens with zero attached hydrogens (tertiary/aromatic N) is 1. The van der Waals surface area contributed by atoms with E-state index in [4.69, 9.17) is 4.84 Å². The smallest absolute Gasteiger partial charge is 0.314 e. The van der Waals surface area contributed by atoms with Gasteiger partial charge in [-0.3, -0.25) is 0 Å². The van der Waals surface area contributed by atoms with E-state index in [9.17, 15) is 4.79 Å². The predicted octanol–water partition coefficient (Wildman–Crippen LogP) is 0.718. The second-order valence-corrected chi connectivity index (χ2v) is 2.32. The fourth-order valence-corrected chi connectivity index (χ4v) is 0.613. The van der Waals surface area contributed by atoms with Crippen LogP contribution in [0.3, 0.4) is 0 Å². The summed E-state index contributed by atoms with van der Waals surface area (Å²) in [7, 11) is 0. The van der Waals surface area contributed by atoms with Gasteiger partial charge in [0, 0.05) is 12.8 Å². The third-order valence-electron chi connectivity index (χ3n) is 1.15. The number of urea groups is 1. The Morgan fingerprint density at radius 1 is 1.46 bits per heavy atom. The second-order valence-electron chi connectivity index (χ2n) is 2.32. The van der Waals surface area contributed by atoms with E-state index in [1.54, 1.807) is 6.21 Å². The van der Waals surface area contributed by atoms with Crippen LogP contribution in [0.15, 0.2) is 5.16 Å². The minimum Gasteiger partial charge on any atom is -0.394 e. The van der Waals surface area contributed by atoms with E-state index in [0.717, 1.165) is 6.42 Å². The molecule has 0 spiro atoms. The minimum absolute atomic E-state index is 0.175. The summed E-state index contributed by atoms with van der Waals surface area (Å²) in [6.45, 7) is 5.32. The van der Waals surface area contributed by atoms with Gasteiger partial charge in [0.1, 0.15) is 6.61 Å². The number of carbonyl (C=O) groups is 1. The first kappa shape index (κ1) is 11.7. The highest BCUT2D eigenvalue weighted by Crippen LogP contribution is 1.75. The maximum Gasteiger partial charge on any atom is 0.314 e. The van der Waals surface area contributed by atoms with E-state index in [-0.39, 0.29) is 6.03 Å². The van der Waals surface area contributed by atoms with E-state index in [0.29, 0.717) is 19.7 Å². The zero-order valence-corrected chi connectivity index (χ0v) is 8.17. The second kappa shape index (κ2) is 8.83. The van der Waals surface area contributed by atoms with E-state index in [1.807, 2.05) is 13.8 Å². The molecule has 0 aromatic rings. The fraction of sp³-hybridized carbons (Fsp3) is 0.750. The molecule has 76 valence electrons. The molecule has 0 aromatic carbocycles. The quantitative estimate of drug-likeness (QED) is 0.365. The molecular weight excluding hydrogens is 170 g/mol. The molecule has 2 amide bonds. The van der Waals surface area contributed by atoms with Crippen LogP contribution in [-0.2, 0) is 4.84 Å². The Hall–Kier alpha value is -1.26. The van der Waals surface area contributed by atoms with Crippen LogP contribution in [0.4, 0.5) is 4.79 Å². The highest BCUT2D eigenvalue weighted by atomic mass is 16.6. The molecule has 13 heavy (non-hydrogen) atoms. The van der Waals surface area contributed by atoms with Crippen molar-refractivity contribution in [2.24, 2.45) is 5.16 Å². The zero-order valence-electron chi connectivity index (χ0n) is 8.17. The van der Waals surface area contributed by atoms with Crippen molar-refractivity contribution in [3.8, 4) is 0 Å². The molecule has 0 heterocycles. The third-order valence-corrected chi connectivity index (χ3v) is 1.15. The highest BCUT2D eigenvalue weighted by molar-refractivity contribution is 5.73. The van der Waals surface area contributed by atoms with Crippen LogP contribution in [-0.4, -0.2) is 31.9 Å². The monoisotopic (exact) mass is 187 g/mol. The molecule has 0 aliphatic carbocycles. The van der Waals surface area contributed by atoms with Crippen molar-refractivity contribution >= 4 is 12.2 Å². The number of carbonyl (C=O) groups excluding carboxylic acids is 1. The molecule has 0 saturated carbocycles. The molecular formula is C8H17N3O2. The van der Waals surface area contributed by atoms with Crippen molar-refractivity contribution in [1.82, 2.24) is 10.6 Å². The van der Waals surface area contributed by atoms with Gasteiger partial charge in [-0.15, -0.1) is 0 Å². The van der Waals surface area contributed by atoms with Crippen LogP contribution < -0.4 is 10.6 Å². The Morgan fingerprint density at radius 2 is 2.23 bits per heavy atom. The first-order valence-electron chi connectivity index (χ1n) is 4.46. The molecule has 0 radical (unpaired) electrons. The van der Waals surface area contributed by atoms with Gasteiger partial charge in [0.2, 0.25) is 0 Å². The van der Waals surface area contributed by atoms with Gasteiger partial charge in [-0.1, -0.05) is 12.1 Å². The van der Waals surface area contributed by atoms with Crippen LogP contribution in [0.25, 0.3) is 0 Å². The standard InChI is InChI=1S/C8H17N3O2/c1-3-5-11-13-7-6-10-8(12)9-4-2/h5H,3-4,6-7H2,1-2H3,(H2,9,10,12). The molecule has 2 N–H and O–H groups in total. The lowest BCUT2D eigenvalue weighted by atomic mass is 10.6. The molecule has 0 unspecified atom stereocenters. The SMILES string of the molecule is CCC=NOCCNC(=O)NCC. The summed E-state index contributed by atoms with van der Waals surface area (Å²) in [5.41, 5.74) is 0. The van der Waals surface area contributed by atoms with Gasteiger partial charge in [0.15, 0.2) is 0 Å². The summed E-state index contributed by atoms with van der Waals surface area (Å²) < 4.78 is 0. The van der Waals surface area contributed by atoms with E-state index in [2.05, 4.69) is 15.8 Å².